The van der Waals surface area contributed by atoms with Crippen LogP contribution in [0, 0.1) is 0 Å². The lowest BCUT2D eigenvalue weighted by Crippen LogP contribution is -2.39. The number of nitrogens with zero attached hydrogens (tertiary/aromatic N) is 3. The first-order chi connectivity index (χ1) is 10.8. The Morgan fingerprint density at radius 3 is 2.50 bits per heavy atom. The molecule has 9 heteroatoms. The van der Waals surface area contributed by atoms with Crippen molar-refractivity contribution < 1.29 is 9.53 Å². The molecule has 1 rings (SSSR count). The largest absolute Gasteiger partial charge is 0.444 e. The third-order valence-corrected chi connectivity index (χ3v) is 2.76. The maximum absolute atomic E-state index is 11.5. The summed E-state index contributed by atoms with van der Waals surface area (Å²) in [6.45, 7) is 7.41. The molecule has 0 unspecified atom stereocenters. The number of carbonyl (C=O) groups is 1. The van der Waals surface area contributed by atoms with Crippen LogP contribution in [0.2, 0.25) is 0 Å². The fourth-order valence-electron chi connectivity index (χ4n) is 1.77. The molecule has 0 aliphatic heterocycles. The molecule has 1 heterocycles. The van der Waals surface area contributed by atoms with Crippen molar-refractivity contribution in [1.29, 1.82) is 0 Å². The zero-order valence-corrected chi connectivity index (χ0v) is 17.4. The Labute approximate surface area is 160 Å². The second-order valence-electron chi connectivity index (χ2n) is 6.16. The Kier molecular flexibility index (Phi) is 10.4. The molecule has 24 heavy (non-hydrogen) atoms. The van der Waals surface area contributed by atoms with Gasteiger partial charge in [-0.1, -0.05) is 0 Å². The molecule has 8 nitrogen and oxygen atoms in total. The molecule has 0 saturated carbocycles. The van der Waals surface area contributed by atoms with Gasteiger partial charge >= 0.3 is 6.09 Å². The maximum Gasteiger partial charge on any atom is 0.407 e. The molecule has 0 radical (unpaired) electrons. The van der Waals surface area contributed by atoms with Crippen LogP contribution in [0.3, 0.4) is 0 Å². The van der Waals surface area contributed by atoms with Gasteiger partial charge < -0.3 is 20.7 Å². The van der Waals surface area contributed by atoms with E-state index in [9.17, 15) is 4.79 Å². The third-order valence-electron chi connectivity index (χ3n) is 2.76. The number of amides is 1. The van der Waals surface area contributed by atoms with Gasteiger partial charge in [0.25, 0.3) is 0 Å². The predicted octanol–water partition coefficient (Wildman–Crippen LogP) is 1.62. The van der Waals surface area contributed by atoms with Crippen molar-refractivity contribution in [3.05, 3.63) is 18.0 Å². The minimum atomic E-state index is -0.472. The first kappa shape index (κ1) is 22.5. The van der Waals surface area contributed by atoms with E-state index in [2.05, 4.69) is 26.0 Å². The summed E-state index contributed by atoms with van der Waals surface area (Å²) >= 11 is 0. The highest BCUT2D eigenvalue weighted by Gasteiger charge is 2.15. The Bertz CT molecular complexity index is 524. The van der Waals surface area contributed by atoms with E-state index < -0.39 is 11.7 Å². The van der Waals surface area contributed by atoms with Gasteiger partial charge in [-0.2, -0.15) is 5.10 Å². The van der Waals surface area contributed by atoms with Gasteiger partial charge in [-0.05, 0) is 27.2 Å². The monoisotopic (exact) mass is 452 g/mol. The molecule has 0 saturated heterocycles. The van der Waals surface area contributed by atoms with Crippen molar-refractivity contribution in [3.8, 4) is 0 Å². The minimum Gasteiger partial charge on any atom is -0.444 e. The van der Waals surface area contributed by atoms with Crippen LogP contribution in [0.1, 0.15) is 32.8 Å². The second-order valence-corrected chi connectivity index (χ2v) is 6.16. The molecule has 0 aliphatic carbocycles. The number of hydrogen-bond donors (Lipinski definition) is 3. The number of hydrogen-bond acceptors (Lipinski definition) is 4. The lowest BCUT2D eigenvalue weighted by molar-refractivity contribution is 0.0527. The summed E-state index contributed by atoms with van der Waals surface area (Å²) in [5, 5.41) is 13.2. The molecule has 138 valence electrons. The lowest BCUT2D eigenvalue weighted by atomic mass is 10.2. The second kappa shape index (κ2) is 11.1. The van der Waals surface area contributed by atoms with Gasteiger partial charge in [-0.25, -0.2) is 4.79 Å². The average molecular weight is 452 g/mol. The predicted molar refractivity (Wildman–Crippen MR) is 106 cm³/mol. The van der Waals surface area contributed by atoms with E-state index in [1.54, 1.807) is 11.7 Å². The van der Waals surface area contributed by atoms with E-state index in [0.29, 0.717) is 25.6 Å². The number of aliphatic imine (C=N–C) groups is 1. The standard InChI is InChI=1S/C15H28N6O2.HI/c1-15(2,3)23-14(22)18-8-6-7-17-13(16-4)19-9-12-10-20-21(5)11-12;/h10-11H,6-9H2,1-5H3,(H,18,22)(H2,16,17,19);1H. The summed E-state index contributed by atoms with van der Waals surface area (Å²) < 4.78 is 6.92. The zero-order valence-electron chi connectivity index (χ0n) is 15.0. The third kappa shape index (κ3) is 10.3. The summed E-state index contributed by atoms with van der Waals surface area (Å²) in [5.74, 6) is 0.714. The van der Waals surface area contributed by atoms with Crippen LogP contribution in [0.5, 0.6) is 0 Å². The number of aryl methyl sites for hydroxylation is 1. The van der Waals surface area contributed by atoms with Crippen LogP contribution < -0.4 is 16.0 Å². The topological polar surface area (TPSA) is 92.6 Å². The van der Waals surface area contributed by atoms with Crippen LogP contribution in [-0.4, -0.2) is 47.6 Å². The number of nitrogens with one attached hydrogen (secondary N) is 3. The summed E-state index contributed by atoms with van der Waals surface area (Å²) in [6, 6.07) is 0. The van der Waals surface area contributed by atoms with Crippen LogP contribution in [-0.2, 0) is 18.3 Å². The summed E-state index contributed by atoms with van der Waals surface area (Å²) in [6.07, 6.45) is 4.14. The Hall–Kier alpha value is -1.52. The van der Waals surface area contributed by atoms with Gasteiger partial charge in [0.2, 0.25) is 0 Å². The summed E-state index contributed by atoms with van der Waals surface area (Å²) in [5.41, 5.74) is 0.614. The number of halogens is 1. The lowest BCUT2D eigenvalue weighted by Gasteiger charge is -2.19. The van der Waals surface area contributed by atoms with Crippen molar-refractivity contribution in [1.82, 2.24) is 25.7 Å². The molecule has 1 aromatic heterocycles. The Morgan fingerprint density at radius 1 is 1.29 bits per heavy atom. The molecule has 0 aliphatic rings. The molecule has 0 aromatic carbocycles. The first-order valence-electron chi connectivity index (χ1n) is 7.69. The Balaban J connectivity index is 0.00000529. The molecule has 0 fully saturated rings. The van der Waals surface area contributed by atoms with Gasteiger partial charge in [-0.3, -0.25) is 9.67 Å². The van der Waals surface area contributed by atoms with Crippen molar-refractivity contribution in [2.45, 2.75) is 39.3 Å². The molecule has 0 atom stereocenters. The first-order valence-corrected chi connectivity index (χ1v) is 7.69. The van der Waals surface area contributed by atoms with Crippen molar-refractivity contribution in [2.75, 3.05) is 20.1 Å². The normalized spacial score (nSPS) is 11.5. The molecular formula is C15H29IN6O2. The van der Waals surface area contributed by atoms with Gasteiger partial charge in [0.15, 0.2) is 5.96 Å². The van der Waals surface area contributed by atoms with Crippen LogP contribution >= 0.6 is 24.0 Å². The van der Waals surface area contributed by atoms with Crippen molar-refractivity contribution in [2.24, 2.45) is 12.0 Å². The van der Waals surface area contributed by atoms with Gasteiger partial charge in [0.1, 0.15) is 5.60 Å². The van der Waals surface area contributed by atoms with Gasteiger partial charge in [-0.15, -0.1) is 24.0 Å². The highest BCUT2D eigenvalue weighted by Crippen LogP contribution is 2.06. The minimum absolute atomic E-state index is 0. The van der Waals surface area contributed by atoms with Gasteiger partial charge in [0.05, 0.1) is 6.20 Å². The number of ether oxygens (including phenoxy) is 1. The zero-order chi connectivity index (χ0) is 17.3. The molecule has 0 spiro atoms. The highest BCUT2D eigenvalue weighted by atomic mass is 127. The Morgan fingerprint density at radius 2 is 1.96 bits per heavy atom. The van der Waals surface area contributed by atoms with E-state index in [4.69, 9.17) is 4.74 Å². The number of rotatable bonds is 6. The fraction of sp³-hybridized carbons (Fsp3) is 0.667. The smallest absolute Gasteiger partial charge is 0.407 e. The van der Waals surface area contributed by atoms with Crippen molar-refractivity contribution in [3.63, 3.8) is 0 Å². The number of guanidine groups is 1. The van der Waals surface area contributed by atoms with Crippen molar-refractivity contribution >= 4 is 36.0 Å². The fourth-order valence-corrected chi connectivity index (χ4v) is 1.77. The van der Waals surface area contributed by atoms with E-state index in [1.807, 2.05) is 40.2 Å². The highest BCUT2D eigenvalue weighted by molar-refractivity contribution is 14.0. The van der Waals surface area contributed by atoms with E-state index in [-0.39, 0.29) is 24.0 Å². The number of aromatic nitrogens is 2. The molecule has 3 N–H and O–H groups in total. The van der Waals surface area contributed by atoms with E-state index in [0.717, 1.165) is 12.0 Å². The quantitative estimate of drug-likeness (QED) is 0.264. The van der Waals surface area contributed by atoms with E-state index >= 15 is 0 Å². The molecule has 0 bridgehead atoms. The SMILES string of the molecule is CN=C(NCCCNC(=O)OC(C)(C)C)NCc1cnn(C)c1.I. The summed E-state index contributed by atoms with van der Waals surface area (Å²) in [4.78, 5) is 15.6. The maximum atomic E-state index is 11.5. The van der Waals surface area contributed by atoms with E-state index in [1.165, 1.54) is 0 Å². The van der Waals surface area contributed by atoms with Gasteiger partial charge in [0, 0.05) is 45.5 Å². The van der Waals surface area contributed by atoms with Crippen LogP contribution in [0.4, 0.5) is 4.79 Å². The van der Waals surface area contributed by atoms with Crippen LogP contribution in [0.25, 0.3) is 0 Å². The van der Waals surface area contributed by atoms with Crippen LogP contribution in [0.15, 0.2) is 17.4 Å². The molecule has 1 aromatic rings. The number of carbonyl (C=O) groups excluding carboxylic acids is 1. The number of alkyl carbamates (subject to hydrolysis) is 1. The molecular weight excluding hydrogens is 423 g/mol. The molecule has 1 amide bonds. The average Bonchev–Trinajstić information content (AvgIpc) is 2.85. The summed E-state index contributed by atoms with van der Waals surface area (Å²) in [7, 11) is 3.60.